The van der Waals surface area contributed by atoms with Crippen LogP contribution in [0.25, 0.3) is 0 Å². The highest BCUT2D eigenvalue weighted by atomic mass is 16.3. The van der Waals surface area contributed by atoms with Crippen molar-refractivity contribution in [3.63, 3.8) is 0 Å². The third kappa shape index (κ3) is 2.99. The summed E-state index contributed by atoms with van der Waals surface area (Å²) in [5, 5.41) is 12.1. The van der Waals surface area contributed by atoms with Gasteiger partial charge in [-0.05, 0) is 35.4 Å². The fraction of sp³-hybridized carbons (Fsp3) is 0.235. The SMILES string of the molecule is CC(=O)Nc1ccc(C(C)(C)c2ccc(O)cc2)cc1. The predicted molar refractivity (Wildman–Crippen MR) is 81.0 cm³/mol. The molecule has 2 aromatic carbocycles. The van der Waals surface area contributed by atoms with Gasteiger partial charge in [0.05, 0.1) is 0 Å². The van der Waals surface area contributed by atoms with E-state index in [-0.39, 0.29) is 17.1 Å². The van der Waals surface area contributed by atoms with Gasteiger partial charge in [-0.3, -0.25) is 4.79 Å². The van der Waals surface area contributed by atoms with E-state index in [2.05, 4.69) is 19.2 Å². The van der Waals surface area contributed by atoms with E-state index in [4.69, 9.17) is 0 Å². The maximum Gasteiger partial charge on any atom is 0.221 e. The van der Waals surface area contributed by atoms with Crippen LogP contribution in [0.3, 0.4) is 0 Å². The Labute approximate surface area is 119 Å². The molecule has 0 spiro atoms. The molecule has 104 valence electrons. The van der Waals surface area contributed by atoms with Crippen molar-refractivity contribution < 1.29 is 9.90 Å². The minimum Gasteiger partial charge on any atom is -0.508 e. The Kier molecular flexibility index (Phi) is 3.79. The number of benzene rings is 2. The lowest BCUT2D eigenvalue weighted by atomic mass is 9.78. The lowest BCUT2D eigenvalue weighted by molar-refractivity contribution is -0.114. The summed E-state index contributed by atoms with van der Waals surface area (Å²) in [6.45, 7) is 5.76. The van der Waals surface area contributed by atoms with Crippen LogP contribution in [0.4, 0.5) is 5.69 Å². The molecule has 0 saturated heterocycles. The Morgan fingerprint density at radius 3 is 1.85 bits per heavy atom. The van der Waals surface area contributed by atoms with Crippen molar-refractivity contribution in [1.29, 1.82) is 0 Å². The van der Waals surface area contributed by atoms with E-state index in [0.717, 1.165) is 16.8 Å². The van der Waals surface area contributed by atoms with Crippen molar-refractivity contribution >= 4 is 11.6 Å². The minimum absolute atomic E-state index is 0.0736. The Morgan fingerprint density at radius 2 is 1.40 bits per heavy atom. The highest BCUT2D eigenvalue weighted by Gasteiger charge is 2.22. The molecule has 3 heteroatoms. The zero-order valence-corrected chi connectivity index (χ0v) is 12.0. The second-order valence-electron chi connectivity index (χ2n) is 5.43. The fourth-order valence-corrected chi connectivity index (χ4v) is 2.22. The number of hydrogen-bond acceptors (Lipinski definition) is 2. The van der Waals surface area contributed by atoms with Crippen LogP contribution in [0.15, 0.2) is 48.5 Å². The van der Waals surface area contributed by atoms with Gasteiger partial charge in [0.1, 0.15) is 5.75 Å². The quantitative estimate of drug-likeness (QED) is 0.893. The molecule has 0 radical (unpaired) electrons. The highest BCUT2D eigenvalue weighted by Crippen LogP contribution is 2.32. The highest BCUT2D eigenvalue weighted by molar-refractivity contribution is 5.88. The molecule has 0 aliphatic rings. The Hall–Kier alpha value is -2.29. The third-order valence-electron chi connectivity index (χ3n) is 3.52. The summed E-state index contributed by atoms with van der Waals surface area (Å²) in [5.41, 5.74) is 2.91. The van der Waals surface area contributed by atoms with Gasteiger partial charge in [-0.2, -0.15) is 0 Å². The van der Waals surface area contributed by atoms with Crippen molar-refractivity contribution in [3.05, 3.63) is 59.7 Å². The van der Waals surface area contributed by atoms with Crippen molar-refractivity contribution in [2.45, 2.75) is 26.2 Å². The van der Waals surface area contributed by atoms with Crippen LogP contribution in [-0.4, -0.2) is 11.0 Å². The summed E-state index contributed by atoms with van der Waals surface area (Å²) in [6, 6.07) is 15.1. The van der Waals surface area contributed by atoms with Gasteiger partial charge in [-0.25, -0.2) is 0 Å². The van der Waals surface area contributed by atoms with Gasteiger partial charge in [0.15, 0.2) is 0 Å². The number of nitrogens with one attached hydrogen (secondary N) is 1. The van der Waals surface area contributed by atoms with Gasteiger partial charge in [0, 0.05) is 18.0 Å². The van der Waals surface area contributed by atoms with Crippen molar-refractivity contribution in [2.75, 3.05) is 5.32 Å². The number of amides is 1. The van der Waals surface area contributed by atoms with E-state index in [1.165, 1.54) is 6.92 Å². The molecule has 0 atom stereocenters. The number of carbonyl (C=O) groups excluding carboxylic acids is 1. The molecule has 1 amide bonds. The van der Waals surface area contributed by atoms with E-state index in [9.17, 15) is 9.90 Å². The van der Waals surface area contributed by atoms with E-state index < -0.39 is 0 Å². The van der Waals surface area contributed by atoms with E-state index in [1.54, 1.807) is 12.1 Å². The summed E-state index contributed by atoms with van der Waals surface area (Å²) in [4.78, 5) is 11.0. The predicted octanol–water partition coefficient (Wildman–Crippen LogP) is 3.68. The number of hydrogen-bond donors (Lipinski definition) is 2. The molecule has 2 N–H and O–H groups in total. The molecule has 20 heavy (non-hydrogen) atoms. The molecule has 2 aromatic rings. The largest absolute Gasteiger partial charge is 0.508 e. The van der Waals surface area contributed by atoms with Crippen LogP contribution in [0.1, 0.15) is 31.9 Å². The Bertz CT molecular complexity index is 598. The van der Waals surface area contributed by atoms with Crippen molar-refractivity contribution in [1.82, 2.24) is 0 Å². The van der Waals surface area contributed by atoms with Crippen molar-refractivity contribution in [2.24, 2.45) is 0 Å². The van der Waals surface area contributed by atoms with Gasteiger partial charge < -0.3 is 10.4 Å². The summed E-state index contributed by atoms with van der Waals surface area (Å²) in [6.07, 6.45) is 0. The summed E-state index contributed by atoms with van der Waals surface area (Å²) < 4.78 is 0. The number of rotatable bonds is 3. The van der Waals surface area contributed by atoms with Crippen LogP contribution in [0.2, 0.25) is 0 Å². The molecule has 0 fully saturated rings. The van der Waals surface area contributed by atoms with Gasteiger partial charge >= 0.3 is 0 Å². The first kappa shape index (κ1) is 14.1. The van der Waals surface area contributed by atoms with Crippen LogP contribution < -0.4 is 5.32 Å². The second kappa shape index (κ2) is 5.37. The maximum atomic E-state index is 11.0. The molecule has 3 nitrogen and oxygen atoms in total. The van der Waals surface area contributed by atoms with Crippen LogP contribution >= 0.6 is 0 Å². The first-order chi connectivity index (χ1) is 9.39. The normalized spacial score (nSPS) is 11.2. The molecule has 0 aliphatic carbocycles. The second-order valence-corrected chi connectivity index (χ2v) is 5.43. The average Bonchev–Trinajstić information content (AvgIpc) is 2.39. The lowest BCUT2D eigenvalue weighted by Crippen LogP contribution is -2.18. The monoisotopic (exact) mass is 269 g/mol. The van der Waals surface area contributed by atoms with Crippen molar-refractivity contribution in [3.8, 4) is 5.75 Å². The topological polar surface area (TPSA) is 49.3 Å². The minimum atomic E-state index is -0.164. The molecular weight excluding hydrogens is 250 g/mol. The number of anilines is 1. The van der Waals surface area contributed by atoms with Gasteiger partial charge in [-0.15, -0.1) is 0 Å². The maximum absolute atomic E-state index is 11.0. The van der Waals surface area contributed by atoms with E-state index >= 15 is 0 Å². The summed E-state index contributed by atoms with van der Waals surface area (Å²) in [5.74, 6) is 0.195. The number of phenolic OH excluding ortho intramolecular Hbond substituents is 1. The first-order valence-electron chi connectivity index (χ1n) is 6.57. The summed E-state index contributed by atoms with van der Waals surface area (Å²) in [7, 11) is 0. The summed E-state index contributed by atoms with van der Waals surface area (Å²) >= 11 is 0. The standard InChI is InChI=1S/C17H19NO2/c1-12(19)18-15-8-4-13(5-9-15)17(2,3)14-6-10-16(20)11-7-14/h4-11,20H,1-3H3,(H,18,19). The zero-order chi connectivity index (χ0) is 14.8. The van der Waals surface area contributed by atoms with Gasteiger partial charge in [-0.1, -0.05) is 38.1 Å². The molecule has 0 heterocycles. The van der Waals surface area contributed by atoms with Crippen LogP contribution in [-0.2, 0) is 10.2 Å². The molecule has 2 rings (SSSR count). The molecular formula is C17H19NO2. The lowest BCUT2D eigenvalue weighted by Gasteiger charge is -2.26. The Balaban J connectivity index is 2.29. The smallest absolute Gasteiger partial charge is 0.221 e. The molecule has 0 unspecified atom stereocenters. The third-order valence-corrected chi connectivity index (χ3v) is 3.52. The van der Waals surface area contributed by atoms with Crippen LogP contribution in [0, 0.1) is 0 Å². The molecule has 0 aromatic heterocycles. The number of aromatic hydroxyl groups is 1. The molecule has 0 bridgehead atoms. The van der Waals surface area contributed by atoms with E-state index in [1.807, 2.05) is 36.4 Å². The molecule has 0 aliphatic heterocycles. The average molecular weight is 269 g/mol. The first-order valence-corrected chi connectivity index (χ1v) is 6.57. The zero-order valence-electron chi connectivity index (χ0n) is 12.0. The number of carbonyl (C=O) groups is 1. The fourth-order valence-electron chi connectivity index (χ4n) is 2.22. The van der Waals surface area contributed by atoms with Crippen LogP contribution in [0.5, 0.6) is 5.75 Å². The van der Waals surface area contributed by atoms with Gasteiger partial charge in [0.25, 0.3) is 0 Å². The van der Waals surface area contributed by atoms with Gasteiger partial charge in [0.2, 0.25) is 5.91 Å². The number of phenols is 1. The Morgan fingerprint density at radius 1 is 0.950 bits per heavy atom. The molecule has 0 saturated carbocycles. The van der Waals surface area contributed by atoms with E-state index in [0.29, 0.717) is 0 Å².